The van der Waals surface area contributed by atoms with Crippen LogP contribution in [-0.2, 0) is 0 Å². The predicted octanol–water partition coefficient (Wildman–Crippen LogP) is 4.45. The van der Waals surface area contributed by atoms with E-state index in [1.54, 1.807) is 6.07 Å². The normalized spacial score (nSPS) is 10.3. The zero-order valence-electron chi connectivity index (χ0n) is 8.30. The molecule has 2 aromatic rings. The molecule has 0 spiro atoms. The summed E-state index contributed by atoms with van der Waals surface area (Å²) in [5.41, 5.74) is 3.04. The maximum absolute atomic E-state index is 12.9. The van der Waals surface area contributed by atoms with Crippen LogP contribution >= 0.6 is 11.6 Å². The summed E-state index contributed by atoms with van der Waals surface area (Å²) in [6, 6.07) is 12.4. The van der Waals surface area contributed by atoms with Crippen LogP contribution in [0.25, 0.3) is 11.1 Å². The monoisotopic (exact) mass is 220 g/mol. The summed E-state index contributed by atoms with van der Waals surface area (Å²) in [4.78, 5) is 0. The molecule has 0 saturated carbocycles. The van der Waals surface area contributed by atoms with Crippen LogP contribution in [-0.4, -0.2) is 0 Å². The van der Waals surface area contributed by atoms with E-state index in [0.717, 1.165) is 16.7 Å². The lowest BCUT2D eigenvalue weighted by Crippen LogP contribution is -1.82. The molecule has 76 valence electrons. The Hall–Kier alpha value is -1.34. The number of hydrogen-bond acceptors (Lipinski definition) is 0. The first-order valence-corrected chi connectivity index (χ1v) is 5.07. The van der Waals surface area contributed by atoms with Gasteiger partial charge >= 0.3 is 0 Å². The van der Waals surface area contributed by atoms with E-state index in [-0.39, 0.29) is 5.82 Å². The van der Waals surface area contributed by atoms with Crippen LogP contribution < -0.4 is 0 Å². The number of benzene rings is 2. The van der Waals surface area contributed by atoms with E-state index in [9.17, 15) is 4.39 Å². The van der Waals surface area contributed by atoms with Crippen molar-refractivity contribution in [2.45, 2.75) is 6.92 Å². The summed E-state index contributed by atoms with van der Waals surface area (Å²) in [5.74, 6) is -0.309. The number of aryl methyl sites for hydroxylation is 1. The second kappa shape index (κ2) is 4.03. The third kappa shape index (κ3) is 2.18. The van der Waals surface area contributed by atoms with Gasteiger partial charge < -0.3 is 0 Å². The first-order valence-electron chi connectivity index (χ1n) is 4.69. The minimum Gasteiger partial charge on any atom is -0.207 e. The molecule has 2 rings (SSSR count). The van der Waals surface area contributed by atoms with Gasteiger partial charge in [-0.3, -0.25) is 0 Å². The van der Waals surface area contributed by atoms with Crippen LogP contribution in [0, 0.1) is 12.7 Å². The van der Waals surface area contributed by atoms with Gasteiger partial charge in [0.05, 0.1) is 5.02 Å². The minimum absolute atomic E-state index is 0.309. The molecule has 0 unspecified atom stereocenters. The van der Waals surface area contributed by atoms with Gasteiger partial charge in [0.15, 0.2) is 0 Å². The second-order valence-electron chi connectivity index (χ2n) is 3.49. The van der Waals surface area contributed by atoms with E-state index in [1.165, 1.54) is 12.1 Å². The molecule has 0 nitrogen and oxygen atoms in total. The summed E-state index contributed by atoms with van der Waals surface area (Å²) >= 11 is 5.98. The molecular formula is C13H10ClF. The van der Waals surface area contributed by atoms with Gasteiger partial charge in [-0.15, -0.1) is 0 Å². The highest BCUT2D eigenvalue weighted by atomic mass is 35.5. The third-order valence-electron chi connectivity index (χ3n) is 2.26. The fraction of sp³-hybridized carbons (Fsp3) is 0.0769. The maximum atomic E-state index is 12.9. The Balaban J connectivity index is 2.54. The van der Waals surface area contributed by atoms with Crippen molar-refractivity contribution >= 4 is 11.6 Å². The average Bonchev–Trinajstić information content (AvgIpc) is 2.17. The van der Waals surface area contributed by atoms with Gasteiger partial charge in [0, 0.05) is 5.56 Å². The van der Waals surface area contributed by atoms with Crippen LogP contribution in [0.1, 0.15) is 5.56 Å². The third-order valence-corrected chi connectivity index (χ3v) is 2.57. The van der Waals surface area contributed by atoms with Crippen LogP contribution in [0.15, 0.2) is 42.5 Å². The highest BCUT2D eigenvalue weighted by molar-refractivity contribution is 6.33. The molecule has 0 bridgehead atoms. The van der Waals surface area contributed by atoms with Crippen LogP contribution in [0.4, 0.5) is 4.39 Å². The van der Waals surface area contributed by atoms with E-state index in [1.807, 2.05) is 31.2 Å². The molecular weight excluding hydrogens is 211 g/mol. The molecule has 0 amide bonds. The lowest BCUT2D eigenvalue weighted by molar-refractivity contribution is 0.628. The van der Waals surface area contributed by atoms with E-state index in [2.05, 4.69) is 0 Å². The smallest absolute Gasteiger partial charge is 0.124 e. The van der Waals surface area contributed by atoms with Crippen molar-refractivity contribution < 1.29 is 4.39 Å². The Morgan fingerprint density at radius 3 is 2.53 bits per heavy atom. The van der Waals surface area contributed by atoms with Gasteiger partial charge in [0.1, 0.15) is 5.82 Å². The summed E-state index contributed by atoms with van der Waals surface area (Å²) < 4.78 is 12.9. The molecule has 2 aromatic carbocycles. The number of rotatable bonds is 1. The quantitative estimate of drug-likeness (QED) is 0.666. The zero-order valence-corrected chi connectivity index (χ0v) is 9.05. The summed E-state index contributed by atoms with van der Waals surface area (Å²) in [7, 11) is 0. The number of halogens is 2. The van der Waals surface area contributed by atoms with Crippen molar-refractivity contribution in [3.8, 4) is 11.1 Å². The Morgan fingerprint density at radius 1 is 1.07 bits per heavy atom. The van der Waals surface area contributed by atoms with Crippen molar-refractivity contribution in [1.29, 1.82) is 0 Å². The highest BCUT2D eigenvalue weighted by Gasteiger charge is 2.04. The van der Waals surface area contributed by atoms with Gasteiger partial charge in [0.2, 0.25) is 0 Å². The molecule has 0 heterocycles. The van der Waals surface area contributed by atoms with E-state index >= 15 is 0 Å². The second-order valence-corrected chi connectivity index (χ2v) is 3.90. The maximum Gasteiger partial charge on any atom is 0.124 e. The molecule has 0 aliphatic heterocycles. The lowest BCUT2D eigenvalue weighted by Gasteiger charge is -2.05. The molecule has 0 saturated heterocycles. The fourth-order valence-electron chi connectivity index (χ4n) is 1.54. The molecule has 0 atom stereocenters. The largest absolute Gasteiger partial charge is 0.207 e. The van der Waals surface area contributed by atoms with Crippen molar-refractivity contribution in [3.05, 3.63) is 58.9 Å². The predicted molar refractivity (Wildman–Crippen MR) is 61.6 cm³/mol. The minimum atomic E-state index is -0.309. The summed E-state index contributed by atoms with van der Waals surface area (Å²) in [5, 5.41) is 0.445. The van der Waals surface area contributed by atoms with Crippen LogP contribution in [0.5, 0.6) is 0 Å². The number of hydrogen-bond donors (Lipinski definition) is 0. The van der Waals surface area contributed by atoms with Crippen molar-refractivity contribution in [1.82, 2.24) is 0 Å². The van der Waals surface area contributed by atoms with Crippen molar-refractivity contribution in [2.24, 2.45) is 0 Å². The average molecular weight is 221 g/mol. The fourth-order valence-corrected chi connectivity index (χ4v) is 1.81. The molecule has 0 aromatic heterocycles. The van der Waals surface area contributed by atoms with Gasteiger partial charge in [-0.2, -0.15) is 0 Å². The summed E-state index contributed by atoms with van der Waals surface area (Å²) in [6.07, 6.45) is 0. The Kier molecular flexibility index (Phi) is 2.74. The van der Waals surface area contributed by atoms with Gasteiger partial charge in [-0.05, 0) is 30.7 Å². The van der Waals surface area contributed by atoms with Crippen molar-refractivity contribution in [3.63, 3.8) is 0 Å². The molecule has 0 aliphatic rings. The molecule has 0 aliphatic carbocycles. The van der Waals surface area contributed by atoms with Crippen molar-refractivity contribution in [2.75, 3.05) is 0 Å². The van der Waals surface area contributed by atoms with Gasteiger partial charge in [-0.25, -0.2) is 4.39 Å². The Morgan fingerprint density at radius 2 is 1.87 bits per heavy atom. The molecule has 0 N–H and O–H groups in total. The molecule has 0 radical (unpaired) electrons. The molecule has 2 heteroatoms. The lowest BCUT2D eigenvalue weighted by atomic mass is 10.0. The van der Waals surface area contributed by atoms with E-state index in [4.69, 9.17) is 11.6 Å². The Labute approximate surface area is 93.3 Å². The van der Waals surface area contributed by atoms with E-state index in [0.29, 0.717) is 5.02 Å². The SMILES string of the molecule is Cc1cccc(-c2ccc(F)cc2Cl)c1. The van der Waals surface area contributed by atoms with Gasteiger partial charge in [0.25, 0.3) is 0 Å². The zero-order chi connectivity index (χ0) is 10.8. The topological polar surface area (TPSA) is 0 Å². The van der Waals surface area contributed by atoms with Crippen LogP contribution in [0.3, 0.4) is 0 Å². The molecule has 15 heavy (non-hydrogen) atoms. The summed E-state index contributed by atoms with van der Waals surface area (Å²) in [6.45, 7) is 2.01. The van der Waals surface area contributed by atoms with E-state index < -0.39 is 0 Å². The molecule has 0 fully saturated rings. The van der Waals surface area contributed by atoms with Gasteiger partial charge in [-0.1, -0.05) is 41.4 Å². The first kappa shape index (κ1) is 10.2. The highest BCUT2D eigenvalue weighted by Crippen LogP contribution is 2.28. The van der Waals surface area contributed by atoms with Crippen LogP contribution in [0.2, 0.25) is 5.02 Å². The Bertz CT molecular complexity index is 492. The first-order chi connectivity index (χ1) is 7.16. The standard InChI is InChI=1S/C13H10ClF/c1-9-3-2-4-10(7-9)12-6-5-11(15)8-13(12)14/h2-8H,1H3.